The van der Waals surface area contributed by atoms with Crippen LogP contribution in [0, 0.1) is 6.92 Å². The van der Waals surface area contributed by atoms with E-state index in [2.05, 4.69) is 16.2 Å². The Kier molecular flexibility index (Phi) is 7.79. The van der Waals surface area contributed by atoms with E-state index in [-0.39, 0.29) is 11.7 Å². The van der Waals surface area contributed by atoms with Gasteiger partial charge >= 0.3 is 0 Å². The molecule has 2 aromatic rings. The van der Waals surface area contributed by atoms with Crippen molar-refractivity contribution in [2.75, 3.05) is 6.61 Å². The minimum Gasteiger partial charge on any atom is -0.484 e. The summed E-state index contributed by atoms with van der Waals surface area (Å²) in [5, 5.41) is 3.00. The SMILES string of the molecule is Cc1cc(OCC(=O)NNC(=S)NC(=O)/C=C/c2ccccc2)ccc1Cl. The molecular formula is C19H18ClN3O3S. The lowest BCUT2D eigenvalue weighted by Gasteiger charge is -2.11. The van der Waals surface area contributed by atoms with Crippen molar-refractivity contribution < 1.29 is 14.3 Å². The fraction of sp³-hybridized carbons (Fsp3) is 0.105. The molecule has 0 aliphatic carbocycles. The van der Waals surface area contributed by atoms with Crippen molar-refractivity contribution in [3.05, 3.63) is 70.8 Å². The number of rotatable bonds is 5. The second-order valence-corrected chi connectivity index (χ2v) is 6.25. The number of ether oxygens (including phenoxy) is 1. The first kappa shape index (κ1) is 20.4. The van der Waals surface area contributed by atoms with Gasteiger partial charge in [0.2, 0.25) is 5.91 Å². The van der Waals surface area contributed by atoms with E-state index in [0.717, 1.165) is 11.1 Å². The summed E-state index contributed by atoms with van der Waals surface area (Å²) in [7, 11) is 0. The summed E-state index contributed by atoms with van der Waals surface area (Å²) in [4.78, 5) is 23.5. The van der Waals surface area contributed by atoms with E-state index in [0.29, 0.717) is 10.8 Å². The molecule has 0 saturated heterocycles. The first-order valence-electron chi connectivity index (χ1n) is 7.96. The molecule has 0 radical (unpaired) electrons. The maximum absolute atomic E-state index is 11.8. The molecule has 27 heavy (non-hydrogen) atoms. The molecule has 0 aliphatic rings. The fourth-order valence-electron chi connectivity index (χ4n) is 1.94. The number of hydrogen-bond donors (Lipinski definition) is 3. The van der Waals surface area contributed by atoms with Gasteiger partial charge < -0.3 is 4.74 Å². The third-order valence-electron chi connectivity index (χ3n) is 3.28. The standard InChI is InChI=1S/C19H18ClN3O3S/c1-13-11-15(8-9-16(13)20)26-12-18(25)22-23-19(27)21-17(24)10-7-14-5-3-2-4-6-14/h2-11H,12H2,1H3,(H,22,25)(H2,21,23,24,27)/b10-7+. The Bertz CT molecular complexity index is 857. The van der Waals surface area contributed by atoms with Gasteiger partial charge in [-0.15, -0.1) is 0 Å². The predicted molar refractivity (Wildman–Crippen MR) is 109 cm³/mol. The van der Waals surface area contributed by atoms with Crippen LogP contribution in [0.5, 0.6) is 5.75 Å². The summed E-state index contributed by atoms with van der Waals surface area (Å²) in [6.45, 7) is 1.61. The van der Waals surface area contributed by atoms with Crippen LogP contribution < -0.4 is 20.9 Å². The van der Waals surface area contributed by atoms with Crippen LogP contribution >= 0.6 is 23.8 Å². The number of benzene rings is 2. The van der Waals surface area contributed by atoms with E-state index in [9.17, 15) is 9.59 Å². The quantitative estimate of drug-likeness (QED) is 0.406. The Balaban J connectivity index is 1.69. The zero-order valence-corrected chi connectivity index (χ0v) is 16.1. The highest BCUT2D eigenvalue weighted by molar-refractivity contribution is 7.80. The van der Waals surface area contributed by atoms with Gasteiger partial charge in [0, 0.05) is 11.1 Å². The van der Waals surface area contributed by atoms with Gasteiger partial charge in [0.15, 0.2) is 11.7 Å². The lowest BCUT2D eigenvalue weighted by molar-refractivity contribution is -0.123. The van der Waals surface area contributed by atoms with Gasteiger partial charge in [-0.2, -0.15) is 0 Å². The molecule has 2 rings (SSSR count). The number of hydrazine groups is 1. The van der Waals surface area contributed by atoms with Crippen molar-refractivity contribution in [3.8, 4) is 5.75 Å². The second-order valence-electron chi connectivity index (χ2n) is 5.44. The molecule has 6 nitrogen and oxygen atoms in total. The highest BCUT2D eigenvalue weighted by atomic mass is 35.5. The molecule has 140 valence electrons. The summed E-state index contributed by atoms with van der Waals surface area (Å²) in [5.74, 6) is -0.355. The number of thiocarbonyl (C=S) groups is 1. The molecule has 0 aromatic heterocycles. The molecule has 0 unspecified atom stereocenters. The molecule has 2 amide bonds. The van der Waals surface area contributed by atoms with Crippen LogP contribution in [0.1, 0.15) is 11.1 Å². The first-order valence-corrected chi connectivity index (χ1v) is 8.74. The van der Waals surface area contributed by atoms with E-state index in [1.165, 1.54) is 6.08 Å². The molecule has 2 aromatic carbocycles. The van der Waals surface area contributed by atoms with E-state index >= 15 is 0 Å². The third-order valence-corrected chi connectivity index (χ3v) is 3.91. The number of nitrogens with one attached hydrogen (secondary N) is 3. The van der Waals surface area contributed by atoms with Crippen LogP contribution in [0.25, 0.3) is 6.08 Å². The molecular weight excluding hydrogens is 386 g/mol. The average molecular weight is 404 g/mol. The number of carbonyl (C=O) groups excluding carboxylic acids is 2. The minimum absolute atomic E-state index is 0.0339. The lowest BCUT2D eigenvalue weighted by Crippen LogP contribution is -2.49. The summed E-state index contributed by atoms with van der Waals surface area (Å²) >= 11 is 10.9. The maximum atomic E-state index is 11.8. The Hall–Kier alpha value is -2.90. The highest BCUT2D eigenvalue weighted by Gasteiger charge is 2.06. The van der Waals surface area contributed by atoms with Crippen molar-refractivity contribution >= 4 is 46.8 Å². The van der Waals surface area contributed by atoms with Gasteiger partial charge in [0.1, 0.15) is 5.75 Å². The molecule has 8 heteroatoms. The Morgan fingerprint density at radius 3 is 2.59 bits per heavy atom. The van der Waals surface area contributed by atoms with Gasteiger partial charge in [-0.3, -0.25) is 25.8 Å². The average Bonchev–Trinajstić information content (AvgIpc) is 2.66. The number of aryl methyl sites for hydroxylation is 1. The van der Waals surface area contributed by atoms with Gasteiger partial charge in [-0.05, 0) is 54.5 Å². The van der Waals surface area contributed by atoms with Gasteiger partial charge in [-0.25, -0.2) is 0 Å². The largest absolute Gasteiger partial charge is 0.484 e. The second kappa shape index (κ2) is 10.3. The van der Waals surface area contributed by atoms with E-state index in [1.807, 2.05) is 37.3 Å². The molecule has 0 heterocycles. The third kappa shape index (κ3) is 7.47. The smallest absolute Gasteiger partial charge is 0.276 e. The summed E-state index contributed by atoms with van der Waals surface area (Å²) in [5.41, 5.74) is 6.50. The number of halogens is 1. The first-order chi connectivity index (χ1) is 12.9. The van der Waals surface area contributed by atoms with Crippen LogP contribution in [-0.2, 0) is 9.59 Å². The van der Waals surface area contributed by atoms with Gasteiger partial charge in [0.25, 0.3) is 5.91 Å². The number of carbonyl (C=O) groups is 2. The summed E-state index contributed by atoms with van der Waals surface area (Å²) < 4.78 is 5.35. The Morgan fingerprint density at radius 2 is 1.89 bits per heavy atom. The Morgan fingerprint density at radius 1 is 1.15 bits per heavy atom. The van der Waals surface area contributed by atoms with Crippen LogP contribution in [0.3, 0.4) is 0 Å². The Labute approximate surface area is 167 Å². The van der Waals surface area contributed by atoms with Gasteiger partial charge in [0.05, 0.1) is 0 Å². The molecule has 0 saturated carbocycles. The molecule has 0 aliphatic heterocycles. The van der Waals surface area contributed by atoms with E-state index in [1.54, 1.807) is 24.3 Å². The molecule has 0 bridgehead atoms. The van der Waals surface area contributed by atoms with Crippen molar-refractivity contribution in [2.24, 2.45) is 0 Å². The zero-order chi connectivity index (χ0) is 19.6. The zero-order valence-electron chi connectivity index (χ0n) is 14.5. The van der Waals surface area contributed by atoms with Crippen molar-refractivity contribution in [1.82, 2.24) is 16.2 Å². The molecule has 3 N–H and O–H groups in total. The number of hydrogen-bond acceptors (Lipinski definition) is 4. The lowest BCUT2D eigenvalue weighted by atomic mass is 10.2. The molecule has 0 atom stereocenters. The predicted octanol–water partition coefficient (Wildman–Crippen LogP) is 2.76. The number of amides is 2. The van der Waals surface area contributed by atoms with Crippen LogP contribution in [0.2, 0.25) is 5.02 Å². The van der Waals surface area contributed by atoms with Crippen molar-refractivity contribution in [1.29, 1.82) is 0 Å². The van der Waals surface area contributed by atoms with Crippen molar-refractivity contribution in [2.45, 2.75) is 6.92 Å². The van der Waals surface area contributed by atoms with Crippen LogP contribution in [0.4, 0.5) is 0 Å². The van der Waals surface area contributed by atoms with Crippen LogP contribution in [0.15, 0.2) is 54.6 Å². The van der Waals surface area contributed by atoms with Gasteiger partial charge in [-0.1, -0.05) is 41.9 Å². The highest BCUT2D eigenvalue weighted by Crippen LogP contribution is 2.20. The molecule has 0 spiro atoms. The minimum atomic E-state index is -0.459. The van der Waals surface area contributed by atoms with Crippen LogP contribution in [-0.4, -0.2) is 23.5 Å². The maximum Gasteiger partial charge on any atom is 0.276 e. The monoisotopic (exact) mass is 403 g/mol. The van der Waals surface area contributed by atoms with E-state index in [4.69, 9.17) is 28.6 Å². The molecule has 0 fully saturated rings. The van der Waals surface area contributed by atoms with Crippen molar-refractivity contribution in [3.63, 3.8) is 0 Å². The summed E-state index contributed by atoms with van der Waals surface area (Å²) in [6, 6.07) is 14.4. The normalized spacial score (nSPS) is 10.3. The summed E-state index contributed by atoms with van der Waals surface area (Å²) in [6.07, 6.45) is 3.00. The van der Waals surface area contributed by atoms with E-state index < -0.39 is 11.8 Å². The fourth-order valence-corrected chi connectivity index (χ4v) is 2.21. The topological polar surface area (TPSA) is 79.5 Å².